The Balaban J connectivity index is 1.42. The highest BCUT2D eigenvalue weighted by atomic mass is 16.5. The molecule has 1 aliphatic heterocycles. The van der Waals surface area contributed by atoms with E-state index < -0.39 is 28.6 Å². The van der Waals surface area contributed by atoms with Gasteiger partial charge in [-0.25, -0.2) is 0 Å². The van der Waals surface area contributed by atoms with Gasteiger partial charge in [0, 0.05) is 49.0 Å². The lowest BCUT2D eigenvalue weighted by molar-refractivity contribution is -0.140. The maximum absolute atomic E-state index is 13.2. The van der Waals surface area contributed by atoms with Crippen LogP contribution in [0.4, 0.5) is 5.69 Å². The molecule has 1 atom stereocenters. The molecular weight excluding hydrogens is 526 g/mol. The van der Waals surface area contributed by atoms with Gasteiger partial charge in [0.1, 0.15) is 11.5 Å². The molecule has 2 aromatic heterocycles. The fraction of sp³-hybridized carbons (Fsp3) is 0.323. The van der Waals surface area contributed by atoms with Crippen LogP contribution in [0.5, 0.6) is 11.5 Å². The van der Waals surface area contributed by atoms with Crippen LogP contribution in [0.3, 0.4) is 0 Å². The van der Waals surface area contributed by atoms with Gasteiger partial charge in [-0.15, -0.1) is 0 Å². The van der Waals surface area contributed by atoms with Crippen molar-refractivity contribution in [2.24, 2.45) is 0 Å². The molecule has 3 heterocycles. The second-order valence-electron chi connectivity index (χ2n) is 10.2. The number of fused-ring (bicyclic) bond motifs is 1. The first-order valence-electron chi connectivity index (χ1n) is 13.4. The molecule has 10 nitrogen and oxygen atoms in total. The highest BCUT2D eigenvalue weighted by Gasteiger charge is 2.29. The average molecular weight is 560 g/mol. The first-order valence-corrected chi connectivity index (χ1v) is 13.4. The van der Waals surface area contributed by atoms with Gasteiger partial charge in [-0.3, -0.25) is 19.3 Å². The smallest absolute Gasteiger partial charge is 0.306 e. The zero-order valence-electron chi connectivity index (χ0n) is 23.3. The first kappa shape index (κ1) is 28.0. The van der Waals surface area contributed by atoms with Crippen molar-refractivity contribution < 1.29 is 23.8 Å². The zero-order chi connectivity index (χ0) is 29.1. The predicted octanol–water partition coefficient (Wildman–Crippen LogP) is 3.52. The lowest BCUT2D eigenvalue weighted by Crippen LogP contribution is -2.46. The molecule has 2 N–H and O–H groups in total. The Kier molecular flexibility index (Phi) is 8.11. The highest BCUT2D eigenvalue weighted by molar-refractivity contribution is 5.80. The SMILES string of the molecule is COC(=O)C[C@H](c1oc(CN2CCN(c3ccc(OC)cc3)CC2)cc(=O)c1O)c1cc2ccc(C)cc2[nH]c1=O. The molecule has 214 valence electrons. The lowest BCUT2D eigenvalue weighted by Gasteiger charge is -2.36. The highest BCUT2D eigenvalue weighted by Crippen LogP contribution is 2.33. The molecule has 1 aliphatic rings. The van der Waals surface area contributed by atoms with Crippen LogP contribution >= 0.6 is 0 Å². The van der Waals surface area contributed by atoms with Gasteiger partial charge in [-0.1, -0.05) is 12.1 Å². The third kappa shape index (κ3) is 6.12. The van der Waals surface area contributed by atoms with E-state index in [1.165, 1.54) is 13.2 Å². The molecule has 0 aliphatic carbocycles. The summed E-state index contributed by atoms with van der Waals surface area (Å²) in [4.78, 5) is 45.7. The Morgan fingerprint density at radius 2 is 1.76 bits per heavy atom. The largest absolute Gasteiger partial charge is 0.502 e. The van der Waals surface area contributed by atoms with Crippen LogP contribution in [0.15, 0.2) is 68.6 Å². The molecule has 0 unspecified atom stereocenters. The van der Waals surface area contributed by atoms with E-state index >= 15 is 0 Å². The minimum atomic E-state index is -1.03. The quantitative estimate of drug-likeness (QED) is 0.312. The van der Waals surface area contributed by atoms with Gasteiger partial charge in [-0.2, -0.15) is 0 Å². The van der Waals surface area contributed by atoms with E-state index in [-0.39, 0.29) is 17.7 Å². The molecule has 0 spiro atoms. The summed E-state index contributed by atoms with van der Waals surface area (Å²) in [6, 6.07) is 16.4. The molecule has 0 radical (unpaired) electrons. The minimum absolute atomic E-state index is 0.133. The van der Waals surface area contributed by atoms with Crippen LogP contribution in [0.25, 0.3) is 10.9 Å². The van der Waals surface area contributed by atoms with Gasteiger partial charge >= 0.3 is 5.97 Å². The molecule has 1 fully saturated rings. The zero-order valence-corrected chi connectivity index (χ0v) is 23.3. The molecule has 0 amide bonds. The number of esters is 1. The number of carbonyl (C=O) groups is 1. The molecule has 5 rings (SSSR count). The van der Waals surface area contributed by atoms with E-state index in [2.05, 4.69) is 14.8 Å². The Morgan fingerprint density at radius 3 is 2.44 bits per heavy atom. The number of nitrogens with zero attached hydrogens (tertiary/aromatic N) is 2. The normalized spacial score (nSPS) is 14.7. The fourth-order valence-corrected chi connectivity index (χ4v) is 5.23. The summed E-state index contributed by atoms with van der Waals surface area (Å²) in [6.45, 7) is 5.25. The molecule has 0 saturated carbocycles. The summed E-state index contributed by atoms with van der Waals surface area (Å²) in [5.41, 5.74) is 1.83. The number of aryl methyl sites for hydroxylation is 1. The van der Waals surface area contributed by atoms with Crippen molar-refractivity contribution in [2.75, 3.05) is 45.3 Å². The van der Waals surface area contributed by atoms with E-state index in [4.69, 9.17) is 13.9 Å². The summed E-state index contributed by atoms with van der Waals surface area (Å²) in [7, 11) is 2.88. The maximum Gasteiger partial charge on any atom is 0.306 e. The number of anilines is 1. The summed E-state index contributed by atoms with van der Waals surface area (Å²) in [5.74, 6) is -1.26. The van der Waals surface area contributed by atoms with Crippen molar-refractivity contribution in [1.82, 2.24) is 9.88 Å². The van der Waals surface area contributed by atoms with E-state index in [0.29, 0.717) is 17.8 Å². The number of ether oxygens (including phenoxy) is 2. The number of aromatic hydroxyl groups is 1. The first-order chi connectivity index (χ1) is 19.7. The van der Waals surface area contributed by atoms with E-state index in [0.717, 1.165) is 48.6 Å². The number of aromatic nitrogens is 1. The van der Waals surface area contributed by atoms with Gasteiger partial charge in [0.15, 0.2) is 5.76 Å². The van der Waals surface area contributed by atoms with Crippen molar-refractivity contribution in [3.8, 4) is 11.5 Å². The Morgan fingerprint density at radius 1 is 1.02 bits per heavy atom. The Labute approximate surface area is 236 Å². The van der Waals surface area contributed by atoms with Gasteiger partial charge in [0.25, 0.3) is 5.56 Å². The molecular formula is C31H33N3O7. The summed E-state index contributed by atoms with van der Waals surface area (Å²) >= 11 is 0. The molecule has 10 heteroatoms. The number of aromatic amines is 1. The summed E-state index contributed by atoms with van der Waals surface area (Å²) in [6.07, 6.45) is -0.294. The van der Waals surface area contributed by atoms with Crippen molar-refractivity contribution >= 4 is 22.6 Å². The van der Waals surface area contributed by atoms with Gasteiger partial charge in [0.05, 0.1) is 33.1 Å². The maximum atomic E-state index is 13.2. The number of pyridine rings is 1. The van der Waals surface area contributed by atoms with Gasteiger partial charge in [0.2, 0.25) is 11.2 Å². The van der Waals surface area contributed by atoms with Crippen LogP contribution in [-0.4, -0.2) is 61.4 Å². The number of carbonyl (C=O) groups excluding carboxylic acids is 1. The molecule has 4 aromatic rings. The predicted molar refractivity (Wildman–Crippen MR) is 155 cm³/mol. The van der Waals surface area contributed by atoms with E-state index in [1.54, 1.807) is 13.2 Å². The van der Waals surface area contributed by atoms with E-state index in [1.807, 2.05) is 49.4 Å². The van der Waals surface area contributed by atoms with Crippen molar-refractivity contribution in [1.29, 1.82) is 0 Å². The monoisotopic (exact) mass is 559 g/mol. The third-order valence-corrected chi connectivity index (χ3v) is 7.51. The van der Waals surface area contributed by atoms with Crippen LogP contribution in [0, 0.1) is 6.92 Å². The minimum Gasteiger partial charge on any atom is -0.502 e. The third-order valence-electron chi connectivity index (χ3n) is 7.51. The number of piperazine rings is 1. The van der Waals surface area contributed by atoms with Crippen LogP contribution in [0.1, 0.15) is 35.0 Å². The van der Waals surface area contributed by atoms with Crippen LogP contribution < -0.4 is 20.6 Å². The van der Waals surface area contributed by atoms with Crippen molar-refractivity contribution in [2.45, 2.75) is 25.8 Å². The van der Waals surface area contributed by atoms with Gasteiger partial charge < -0.3 is 28.9 Å². The molecule has 0 bridgehead atoms. The topological polar surface area (TPSA) is 125 Å². The Bertz CT molecular complexity index is 1670. The van der Waals surface area contributed by atoms with Crippen LogP contribution in [-0.2, 0) is 16.1 Å². The van der Waals surface area contributed by atoms with Crippen molar-refractivity contribution in [3.05, 3.63) is 97.8 Å². The molecule has 2 aromatic carbocycles. The Hall–Kier alpha value is -4.57. The van der Waals surface area contributed by atoms with E-state index in [9.17, 15) is 19.5 Å². The molecule has 41 heavy (non-hydrogen) atoms. The number of hydrogen-bond donors (Lipinski definition) is 2. The number of methoxy groups -OCH3 is 2. The van der Waals surface area contributed by atoms with Crippen LogP contribution in [0.2, 0.25) is 0 Å². The number of H-pyrrole nitrogens is 1. The number of benzene rings is 2. The van der Waals surface area contributed by atoms with Gasteiger partial charge in [-0.05, 0) is 54.3 Å². The second-order valence-corrected chi connectivity index (χ2v) is 10.2. The number of rotatable bonds is 8. The fourth-order valence-electron chi connectivity index (χ4n) is 5.23. The second kappa shape index (κ2) is 11.9. The van der Waals surface area contributed by atoms with Crippen molar-refractivity contribution in [3.63, 3.8) is 0 Å². The average Bonchev–Trinajstić information content (AvgIpc) is 2.98. The molecule has 1 saturated heterocycles. The standard InChI is InChI=1S/C31H33N3O7/c1-19-4-5-20-15-25(31(38)32-26(20)14-19)24(17-28(36)40-3)30-29(37)27(35)16-23(41-30)18-33-10-12-34(13-11-33)21-6-8-22(39-2)9-7-21/h4-9,14-16,24,37H,10-13,17-18H2,1-3H3,(H,32,38)/t24-/m0/s1. The summed E-state index contributed by atoms with van der Waals surface area (Å²) < 4.78 is 16.2. The number of hydrogen-bond acceptors (Lipinski definition) is 9. The number of nitrogens with one attached hydrogen (secondary N) is 1. The summed E-state index contributed by atoms with van der Waals surface area (Å²) in [5, 5.41) is 11.5. The lowest BCUT2D eigenvalue weighted by atomic mass is 9.92.